The van der Waals surface area contributed by atoms with Crippen molar-refractivity contribution in [1.82, 2.24) is 10.6 Å². The van der Waals surface area contributed by atoms with Crippen molar-refractivity contribution in [2.75, 3.05) is 7.11 Å². The summed E-state index contributed by atoms with van der Waals surface area (Å²) < 4.78 is 5.07. The minimum absolute atomic E-state index is 0.0797. The monoisotopic (exact) mass is 395 g/mol. The average molecular weight is 395 g/mol. The molecule has 7 nitrogen and oxygen atoms in total. The van der Waals surface area contributed by atoms with Crippen molar-refractivity contribution in [3.05, 3.63) is 71.4 Å². The van der Waals surface area contributed by atoms with Crippen LogP contribution in [0.4, 0.5) is 0 Å². The highest BCUT2D eigenvalue weighted by atomic mass is 16.5. The predicted molar refractivity (Wildman–Crippen MR) is 107 cm³/mol. The average Bonchev–Trinajstić information content (AvgIpc) is 2.71. The van der Waals surface area contributed by atoms with E-state index in [1.165, 1.54) is 13.2 Å². The molecular formula is C22H23N2O5-. The molecule has 2 N–H and O–H groups in total. The van der Waals surface area contributed by atoms with E-state index in [9.17, 15) is 19.5 Å². The summed E-state index contributed by atoms with van der Waals surface area (Å²) in [6.45, 7) is 3.30. The smallest absolute Gasteiger partial charge is 0.268 e. The number of carbonyl (C=O) groups is 3. The molecule has 0 fully saturated rings. The van der Waals surface area contributed by atoms with Crippen LogP contribution in [0.1, 0.15) is 29.8 Å². The number of ether oxygens (including phenoxy) is 1. The second kappa shape index (κ2) is 10.1. The molecule has 2 aromatic carbocycles. The third-order valence-corrected chi connectivity index (χ3v) is 4.16. The molecule has 0 bridgehead atoms. The normalized spacial score (nSPS) is 12.2. The molecule has 2 aromatic rings. The van der Waals surface area contributed by atoms with Crippen LogP contribution in [0.2, 0.25) is 0 Å². The van der Waals surface area contributed by atoms with Crippen LogP contribution in [0.5, 0.6) is 5.75 Å². The summed E-state index contributed by atoms with van der Waals surface area (Å²) in [5.74, 6) is -2.43. The van der Waals surface area contributed by atoms with Crippen molar-refractivity contribution in [2.24, 2.45) is 5.92 Å². The number of aliphatic carboxylic acids is 1. The van der Waals surface area contributed by atoms with Gasteiger partial charge in [-0.2, -0.15) is 0 Å². The Morgan fingerprint density at radius 2 is 1.62 bits per heavy atom. The lowest BCUT2D eigenvalue weighted by Crippen LogP contribution is -2.52. The Morgan fingerprint density at radius 3 is 2.14 bits per heavy atom. The first-order valence-corrected chi connectivity index (χ1v) is 9.05. The summed E-state index contributed by atoms with van der Waals surface area (Å²) >= 11 is 0. The fourth-order valence-electron chi connectivity index (χ4n) is 2.53. The molecule has 2 rings (SSSR count). The molecule has 0 aliphatic rings. The van der Waals surface area contributed by atoms with Crippen molar-refractivity contribution < 1.29 is 24.2 Å². The number of hydrogen-bond acceptors (Lipinski definition) is 5. The Hall–Kier alpha value is -3.61. The lowest BCUT2D eigenvalue weighted by Gasteiger charge is -2.24. The van der Waals surface area contributed by atoms with Gasteiger partial charge in [0.05, 0.1) is 19.1 Å². The molecule has 0 saturated carbocycles. The van der Waals surface area contributed by atoms with E-state index >= 15 is 0 Å². The quantitative estimate of drug-likeness (QED) is 0.656. The van der Waals surface area contributed by atoms with Gasteiger partial charge in [-0.05, 0) is 41.8 Å². The van der Waals surface area contributed by atoms with Crippen LogP contribution in [-0.2, 0) is 9.59 Å². The minimum atomic E-state index is -1.39. The largest absolute Gasteiger partial charge is 0.548 e. The molecule has 0 heterocycles. The Morgan fingerprint density at radius 1 is 1.00 bits per heavy atom. The third kappa shape index (κ3) is 6.21. The molecule has 0 spiro atoms. The number of benzene rings is 2. The highest BCUT2D eigenvalue weighted by molar-refractivity contribution is 6.06. The Kier molecular flexibility index (Phi) is 7.54. The van der Waals surface area contributed by atoms with Gasteiger partial charge in [0.1, 0.15) is 11.4 Å². The number of carboxylic acids is 1. The molecule has 2 amide bonds. The molecule has 0 radical (unpaired) electrons. The Balaban J connectivity index is 2.29. The molecular weight excluding hydrogens is 372 g/mol. The van der Waals surface area contributed by atoms with Crippen LogP contribution in [0.3, 0.4) is 0 Å². The Labute approximate surface area is 169 Å². The second-order valence-corrected chi connectivity index (χ2v) is 6.67. The number of rotatable bonds is 8. The van der Waals surface area contributed by atoms with E-state index in [1.807, 2.05) is 6.07 Å². The molecule has 29 heavy (non-hydrogen) atoms. The Bertz CT molecular complexity index is 889. The summed E-state index contributed by atoms with van der Waals surface area (Å²) in [4.78, 5) is 36.6. The van der Waals surface area contributed by atoms with Gasteiger partial charge in [-0.25, -0.2) is 0 Å². The van der Waals surface area contributed by atoms with Crippen LogP contribution in [-0.4, -0.2) is 30.9 Å². The number of carbonyl (C=O) groups excluding carboxylic acids is 3. The van der Waals surface area contributed by atoms with Gasteiger partial charge in [0.15, 0.2) is 0 Å². The second-order valence-electron chi connectivity index (χ2n) is 6.67. The third-order valence-electron chi connectivity index (χ3n) is 4.16. The molecule has 0 aliphatic carbocycles. The summed E-state index contributed by atoms with van der Waals surface area (Å²) in [5, 5.41) is 16.3. The lowest BCUT2D eigenvalue weighted by molar-refractivity contribution is -0.309. The molecule has 1 atom stereocenters. The first-order chi connectivity index (χ1) is 13.8. The van der Waals surface area contributed by atoms with Gasteiger partial charge >= 0.3 is 0 Å². The minimum Gasteiger partial charge on any atom is -0.548 e. The molecule has 152 valence electrons. The highest BCUT2D eigenvalue weighted by Gasteiger charge is 2.21. The SMILES string of the molecule is COc1ccc(C(=O)N/C(=C\c2ccccc2)C(=O)N[C@@H](C(=O)[O-])C(C)C)cc1. The number of amides is 2. The molecule has 7 heteroatoms. The van der Waals surface area contributed by atoms with Crippen molar-refractivity contribution in [2.45, 2.75) is 19.9 Å². The van der Waals surface area contributed by atoms with Gasteiger partial charge in [-0.3, -0.25) is 9.59 Å². The highest BCUT2D eigenvalue weighted by Crippen LogP contribution is 2.13. The van der Waals surface area contributed by atoms with E-state index in [-0.39, 0.29) is 11.6 Å². The van der Waals surface area contributed by atoms with Crippen LogP contribution in [0.25, 0.3) is 6.08 Å². The van der Waals surface area contributed by atoms with Gasteiger partial charge < -0.3 is 25.3 Å². The zero-order valence-electron chi connectivity index (χ0n) is 16.5. The summed E-state index contributed by atoms with van der Waals surface area (Å²) in [6.07, 6.45) is 1.48. The van der Waals surface area contributed by atoms with Crippen molar-refractivity contribution >= 4 is 23.9 Å². The number of carboxylic acid groups (broad SMARTS) is 1. The van der Waals surface area contributed by atoms with E-state index in [4.69, 9.17) is 4.74 Å². The van der Waals surface area contributed by atoms with Crippen LogP contribution >= 0.6 is 0 Å². The number of hydrogen-bond donors (Lipinski definition) is 2. The molecule has 0 saturated heterocycles. The van der Waals surface area contributed by atoms with E-state index in [2.05, 4.69) is 10.6 Å². The van der Waals surface area contributed by atoms with E-state index in [1.54, 1.807) is 62.4 Å². The predicted octanol–water partition coefficient (Wildman–Crippen LogP) is 1.36. The van der Waals surface area contributed by atoms with Crippen LogP contribution < -0.4 is 20.5 Å². The number of methoxy groups -OCH3 is 1. The molecule has 0 aliphatic heterocycles. The zero-order chi connectivity index (χ0) is 21.4. The fourth-order valence-corrected chi connectivity index (χ4v) is 2.53. The van der Waals surface area contributed by atoms with Crippen molar-refractivity contribution in [3.8, 4) is 5.75 Å². The zero-order valence-corrected chi connectivity index (χ0v) is 16.5. The summed E-state index contributed by atoms with van der Waals surface area (Å²) in [5.41, 5.74) is 0.906. The maximum atomic E-state index is 12.7. The topological polar surface area (TPSA) is 108 Å². The van der Waals surface area contributed by atoms with Crippen molar-refractivity contribution in [1.29, 1.82) is 0 Å². The van der Waals surface area contributed by atoms with Gasteiger partial charge in [0, 0.05) is 5.56 Å². The molecule has 0 unspecified atom stereocenters. The standard InChI is InChI=1S/C22H24N2O5/c1-14(2)19(22(27)28)24-21(26)18(13-15-7-5-4-6-8-15)23-20(25)16-9-11-17(29-3)12-10-16/h4-14,19H,1-3H3,(H,23,25)(H,24,26)(H,27,28)/p-1/b18-13-/t19-/m1/s1. The van der Waals surface area contributed by atoms with Crippen LogP contribution in [0, 0.1) is 5.92 Å². The maximum absolute atomic E-state index is 12.7. The van der Waals surface area contributed by atoms with E-state index in [0.29, 0.717) is 16.9 Å². The van der Waals surface area contributed by atoms with Crippen LogP contribution in [0.15, 0.2) is 60.3 Å². The summed E-state index contributed by atoms with van der Waals surface area (Å²) in [7, 11) is 1.52. The van der Waals surface area contributed by atoms with E-state index < -0.39 is 23.8 Å². The van der Waals surface area contributed by atoms with Crippen molar-refractivity contribution in [3.63, 3.8) is 0 Å². The summed E-state index contributed by atoms with van der Waals surface area (Å²) in [6, 6.07) is 14.1. The van der Waals surface area contributed by atoms with Gasteiger partial charge in [-0.1, -0.05) is 44.2 Å². The first-order valence-electron chi connectivity index (χ1n) is 9.05. The van der Waals surface area contributed by atoms with Gasteiger partial charge in [-0.15, -0.1) is 0 Å². The maximum Gasteiger partial charge on any atom is 0.268 e. The van der Waals surface area contributed by atoms with E-state index in [0.717, 1.165) is 0 Å². The number of nitrogens with one attached hydrogen (secondary N) is 2. The fraction of sp³-hybridized carbons (Fsp3) is 0.227. The molecule has 0 aromatic heterocycles. The lowest BCUT2D eigenvalue weighted by atomic mass is 10.0. The first kappa shape index (κ1) is 21.7. The van der Waals surface area contributed by atoms with Gasteiger partial charge in [0.2, 0.25) is 0 Å². The van der Waals surface area contributed by atoms with Gasteiger partial charge in [0.25, 0.3) is 11.8 Å².